The minimum absolute atomic E-state index is 0.00792. The maximum absolute atomic E-state index is 14.7. The number of anilines is 3. The van der Waals surface area contributed by atoms with Crippen molar-refractivity contribution in [1.29, 1.82) is 0 Å². The predicted octanol–water partition coefficient (Wildman–Crippen LogP) is 5.79. The molecule has 4 rings (SSSR count). The average molecular weight is 483 g/mol. The van der Waals surface area contributed by atoms with Crippen LogP contribution in [-0.4, -0.2) is 43.2 Å². The Balaban J connectivity index is 1.52. The second kappa shape index (κ2) is 9.46. The molecule has 2 aliphatic heterocycles. The van der Waals surface area contributed by atoms with Gasteiger partial charge in [-0.3, -0.25) is 4.79 Å². The Morgan fingerprint density at radius 2 is 1.79 bits per heavy atom. The molecule has 0 bridgehead atoms. The molecule has 0 unspecified atom stereocenters. The molecule has 0 aliphatic carbocycles. The van der Waals surface area contributed by atoms with Gasteiger partial charge in [-0.2, -0.15) is 18.2 Å². The normalized spacial score (nSPS) is 18.1. The van der Waals surface area contributed by atoms with E-state index in [4.69, 9.17) is 4.42 Å². The number of alkyl halides is 3. The SMILES string of the molecule is CCC1(CC)CN(c2nc(C(=O)Nc3ccc(N4CCCCC4)c(F)c3)c(CC(F)(F)F)o2)C1. The van der Waals surface area contributed by atoms with Gasteiger partial charge in [0.15, 0.2) is 5.69 Å². The van der Waals surface area contributed by atoms with Gasteiger partial charge in [0.05, 0.1) is 5.69 Å². The monoisotopic (exact) mass is 482 g/mol. The highest BCUT2D eigenvalue weighted by molar-refractivity contribution is 6.04. The minimum Gasteiger partial charge on any atom is -0.427 e. The van der Waals surface area contributed by atoms with E-state index in [-0.39, 0.29) is 17.1 Å². The van der Waals surface area contributed by atoms with Crippen LogP contribution in [0.5, 0.6) is 0 Å². The Hall–Kier alpha value is -2.78. The first-order valence-electron chi connectivity index (χ1n) is 11.8. The Bertz CT molecular complexity index is 1020. The molecule has 3 heterocycles. The summed E-state index contributed by atoms with van der Waals surface area (Å²) in [5.74, 6) is -1.90. The van der Waals surface area contributed by atoms with Crippen LogP contribution in [0.4, 0.5) is 35.0 Å². The van der Waals surface area contributed by atoms with Crippen LogP contribution >= 0.6 is 0 Å². The topological polar surface area (TPSA) is 61.6 Å². The molecule has 186 valence electrons. The molecular formula is C24H30F4N4O2. The van der Waals surface area contributed by atoms with E-state index in [2.05, 4.69) is 24.1 Å². The number of carbonyl (C=O) groups excluding carboxylic acids is 1. The number of rotatable bonds is 7. The molecule has 2 aromatic rings. The van der Waals surface area contributed by atoms with Gasteiger partial charge < -0.3 is 19.5 Å². The lowest BCUT2D eigenvalue weighted by molar-refractivity contribution is -0.130. The Labute approximate surface area is 196 Å². The Kier molecular flexibility index (Phi) is 6.78. The molecule has 2 fully saturated rings. The number of hydrogen-bond donors (Lipinski definition) is 1. The average Bonchev–Trinajstić information content (AvgIpc) is 3.16. The van der Waals surface area contributed by atoms with Gasteiger partial charge in [-0.15, -0.1) is 0 Å². The van der Waals surface area contributed by atoms with Crippen LogP contribution < -0.4 is 15.1 Å². The third kappa shape index (κ3) is 5.15. The van der Waals surface area contributed by atoms with Crippen molar-refractivity contribution in [1.82, 2.24) is 4.98 Å². The van der Waals surface area contributed by atoms with Gasteiger partial charge in [-0.05, 0) is 50.3 Å². The van der Waals surface area contributed by atoms with Gasteiger partial charge in [-0.1, -0.05) is 13.8 Å². The van der Waals surface area contributed by atoms with Gasteiger partial charge in [0.25, 0.3) is 11.9 Å². The first-order chi connectivity index (χ1) is 16.1. The van der Waals surface area contributed by atoms with Crippen molar-refractivity contribution >= 4 is 23.3 Å². The van der Waals surface area contributed by atoms with Crippen LogP contribution in [0, 0.1) is 11.2 Å². The Morgan fingerprint density at radius 3 is 2.38 bits per heavy atom. The van der Waals surface area contributed by atoms with Gasteiger partial charge in [0, 0.05) is 37.3 Å². The van der Waals surface area contributed by atoms with Gasteiger partial charge in [-0.25, -0.2) is 4.39 Å². The molecule has 10 heteroatoms. The number of halogens is 4. The number of aromatic nitrogens is 1. The van der Waals surface area contributed by atoms with E-state index in [0.717, 1.165) is 45.2 Å². The summed E-state index contributed by atoms with van der Waals surface area (Å²) in [6.07, 6.45) is -1.02. The largest absolute Gasteiger partial charge is 0.427 e. The third-order valence-electron chi connectivity index (χ3n) is 6.99. The van der Waals surface area contributed by atoms with Crippen LogP contribution in [0.1, 0.15) is 62.2 Å². The molecule has 34 heavy (non-hydrogen) atoms. The fourth-order valence-electron chi connectivity index (χ4n) is 4.72. The van der Waals surface area contributed by atoms with Gasteiger partial charge in [0.1, 0.15) is 18.0 Å². The molecule has 0 saturated carbocycles. The van der Waals surface area contributed by atoms with Gasteiger partial charge >= 0.3 is 6.18 Å². The summed E-state index contributed by atoms with van der Waals surface area (Å²) in [6, 6.07) is 4.31. The van der Waals surface area contributed by atoms with Crippen molar-refractivity contribution in [2.75, 3.05) is 41.3 Å². The minimum atomic E-state index is -4.57. The molecule has 2 aliphatic rings. The molecule has 2 saturated heterocycles. The number of oxazole rings is 1. The molecule has 1 aromatic heterocycles. The van der Waals surface area contributed by atoms with E-state index in [0.29, 0.717) is 18.8 Å². The van der Waals surface area contributed by atoms with Gasteiger partial charge in [0.2, 0.25) is 0 Å². The number of piperidine rings is 1. The van der Waals surface area contributed by atoms with Crippen molar-refractivity contribution in [2.45, 2.75) is 58.5 Å². The highest BCUT2D eigenvalue weighted by Crippen LogP contribution is 2.40. The van der Waals surface area contributed by atoms with Crippen molar-refractivity contribution in [3.63, 3.8) is 0 Å². The lowest BCUT2D eigenvalue weighted by Gasteiger charge is -2.49. The van der Waals surface area contributed by atoms with Crippen LogP contribution in [0.15, 0.2) is 22.6 Å². The van der Waals surface area contributed by atoms with Crippen molar-refractivity contribution < 1.29 is 26.8 Å². The van der Waals surface area contributed by atoms with Crippen LogP contribution in [-0.2, 0) is 6.42 Å². The van der Waals surface area contributed by atoms with Crippen molar-refractivity contribution in [3.05, 3.63) is 35.5 Å². The third-order valence-corrected chi connectivity index (χ3v) is 6.99. The smallest absolute Gasteiger partial charge is 0.396 e. The number of hydrogen-bond acceptors (Lipinski definition) is 5. The Morgan fingerprint density at radius 1 is 1.12 bits per heavy atom. The van der Waals surface area contributed by atoms with E-state index in [1.165, 1.54) is 6.07 Å². The highest BCUT2D eigenvalue weighted by Gasteiger charge is 2.43. The summed E-state index contributed by atoms with van der Waals surface area (Å²) < 4.78 is 59.5. The zero-order chi connectivity index (χ0) is 24.5. The van der Waals surface area contributed by atoms with E-state index in [9.17, 15) is 22.4 Å². The standard InChI is InChI=1S/C24H30F4N4O2/c1-3-23(4-2)14-32(15-23)22-30-20(19(34-22)13-24(26,27)28)21(33)29-16-8-9-18(17(25)12-16)31-10-6-5-7-11-31/h8-9,12H,3-7,10-11,13-15H2,1-2H3,(H,29,33). The molecule has 1 aromatic carbocycles. The molecule has 0 atom stereocenters. The van der Waals surface area contributed by atoms with E-state index >= 15 is 0 Å². The fraction of sp³-hybridized carbons (Fsp3) is 0.583. The number of nitrogens with one attached hydrogen (secondary N) is 1. The second-order valence-electron chi connectivity index (χ2n) is 9.29. The molecule has 6 nitrogen and oxygen atoms in total. The summed E-state index contributed by atoms with van der Waals surface area (Å²) in [5, 5.41) is 2.48. The van der Waals surface area contributed by atoms with Crippen LogP contribution in [0.2, 0.25) is 0 Å². The van der Waals surface area contributed by atoms with Crippen LogP contribution in [0.25, 0.3) is 0 Å². The van der Waals surface area contributed by atoms with E-state index in [1.807, 2.05) is 4.90 Å². The fourth-order valence-corrected chi connectivity index (χ4v) is 4.72. The van der Waals surface area contributed by atoms with E-state index < -0.39 is 35.8 Å². The highest BCUT2D eigenvalue weighted by atomic mass is 19.4. The molecule has 1 N–H and O–H groups in total. The molecular weight excluding hydrogens is 452 g/mol. The summed E-state index contributed by atoms with van der Waals surface area (Å²) >= 11 is 0. The van der Waals surface area contributed by atoms with E-state index in [1.54, 1.807) is 17.0 Å². The zero-order valence-electron chi connectivity index (χ0n) is 19.5. The number of amides is 1. The first kappa shape index (κ1) is 24.3. The van der Waals surface area contributed by atoms with Crippen molar-refractivity contribution in [3.8, 4) is 0 Å². The van der Waals surface area contributed by atoms with Crippen LogP contribution in [0.3, 0.4) is 0 Å². The number of benzene rings is 1. The summed E-state index contributed by atoms with van der Waals surface area (Å²) in [7, 11) is 0. The van der Waals surface area contributed by atoms with Crippen molar-refractivity contribution in [2.24, 2.45) is 5.41 Å². The second-order valence-corrected chi connectivity index (χ2v) is 9.29. The predicted molar refractivity (Wildman–Crippen MR) is 122 cm³/mol. The lowest BCUT2D eigenvalue weighted by atomic mass is 9.75. The zero-order valence-corrected chi connectivity index (χ0v) is 19.5. The maximum atomic E-state index is 14.7. The number of carbonyl (C=O) groups is 1. The first-order valence-corrected chi connectivity index (χ1v) is 11.8. The molecule has 0 spiro atoms. The summed E-state index contributed by atoms with van der Waals surface area (Å²) in [5.41, 5.74) is 0.241. The molecule has 0 radical (unpaired) electrons. The maximum Gasteiger partial charge on any atom is 0.396 e. The lowest BCUT2D eigenvalue weighted by Crippen LogP contribution is -2.56. The number of nitrogens with zero attached hydrogens (tertiary/aromatic N) is 3. The quantitative estimate of drug-likeness (QED) is 0.507. The summed E-state index contributed by atoms with van der Waals surface area (Å²) in [4.78, 5) is 20.7. The molecule has 1 amide bonds. The summed E-state index contributed by atoms with van der Waals surface area (Å²) in [6.45, 7) is 6.88.